The summed E-state index contributed by atoms with van der Waals surface area (Å²) < 4.78 is 0.754. The van der Waals surface area contributed by atoms with Gasteiger partial charge in [-0.1, -0.05) is 61.9 Å². The van der Waals surface area contributed by atoms with Crippen molar-refractivity contribution in [1.82, 2.24) is 20.9 Å². The van der Waals surface area contributed by atoms with Crippen molar-refractivity contribution < 1.29 is 9.59 Å². The molecule has 1 saturated heterocycles. The van der Waals surface area contributed by atoms with Gasteiger partial charge in [0, 0.05) is 46.7 Å². The summed E-state index contributed by atoms with van der Waals surface area (Å²) in [6.45, 7) is 11.8. The highest BCUT2D eigenvalue weighted by molar-refractivity contribution is 14.1. The highest BCUT2D eigenvalue weighted by Gasteiger charge is 2.33. The highest BCUT2D eigenvalue weighted by Crippen LogP contribution is 2.33. The maximum Gasteiger partial charge on any atom is 0.251 e. The number of nitrogens with zero attached hydrogens (tertiary/aromatic N) is 1. The Morgan fingerprint density at radius 1 is 1.22 bits per heavy atom. The van der Waals surface area contributed by atoms with Crippen molar-refractivity contribution in [2.75, 3.05) is 26.2 Å². The largest absolute Gasteiger partial charge is 0.350 e. The number of hydrogen-bond acceptors (Lipinski definition) is 4. The average molecular weight is 631 g/mol. The minimum Gasteiger partial charge on any atom is -0.350 e. The van der Waals surface area contributed by atoms with Crippen LogP contribution in [0.1, 0.15) is 75.7 Å². The van der Waals surface area contributed by atoms with Gasteiger partial charge in [-0.2, -0.15) is 0 Å². The Balaban J connectivity index is 1.64. The first-order chi connectivity index (χ1) is 17.2. The van der Waals surface area contributed by atoms with Crippen molar-refractivity contribution >= 4 is 46.0 Å². The van der Waals surface area contributed by atoms with Crippen LogP contribution < -0.4 is 16.0 Å². The average Bonchev–Trinajstić information content (AvgIpc) is 2.96. The molecule has 1 saturated carbocycles. The Morgan fingerprint density at radius 3 is 2.61 bits per heavy atom. The van der Waals surface area contributed by atoms with E-state index >= 15 is 0 Å². The molecule has 0 aromatic heterocycles. The molecule has 6 nitrogen and oxygen atoms in total. The summed E-state index contributed by atoms with van der Waals surface area (Å²) in [6.07, 6.45) is 5.29. The fraction of sp³-hybridized carbons (Fsp3) is 0.714. The minimum atomic E-state index is -0.236. The summed E-state index contributed by atoms with van der Waals surface area (Å²) in [5, 5.41) is 10.8. The van der Waals surface area contributed by atoms with Crippen LogP contribution in [0.3, 0.4) is 0 Å². The molecule has 1 aromatic rings. The molecule has 8 heteroatoms. The molecule has 202 valence electrons. The molecule has 3 N–H and O–H groups in total. The number of carbonyl (C=O) groups is 2. The number of rotatable bonds is 10. The fourth-order valence-electron chi connectivity index (χ4n) is 5.86. The molecule has 2 amide bonds. The molecule has 1 aromatic carbocycles. The predicted molar refractivity (Wildman–Crippen MR) is 157 cm³/mol. The van der Waals surface area contributed by atoms with E-state index in [1.807, 2.05) is 6.07 Å². The van der Waals surface area contributed by atoms with Crippen molar-refractivity contribution in [2.45, 2.75) is 82.4 Å². The number of carbonyl (C=O) groups excluding carboxylic acids is 2. The Labute approximate surface area is 236 Å². The third-order valence-electron chi connectivity index (χ3n) is 7.50. The maximum atomic E-state index is 13.6. The Kier molecular flexibility index (Phi) is 11.8. The summed E-state index contributed by atoms with van der Waals surface area (Å²) in [6, 6.07) is 5.62. The second-order valence-electron chi connectivity index (χ2n) is 11.3. The van der Waals surface area contributed by atoms with E-state index in [0.717, 1.165) is 54.3 Å². The zero-order valence-corrected chi connectivity index (χ0v) is 25.2. The molecule has 0 bridgehead atoms. The molecule has 0 radical (unpaired) electrons. The van der Waals surface area contributed by atoms with E-state index < -0.39 is 0 Å². The topological polar surface area (TPSA) is 73.5 Å². The third kappa shape index (κ3) is 8.84. The first kappa shape index (κ1) is 29.7. The molecule has 2 aliphatic rings. The van der Waals surface area contributed by atoms with E-state index in [1.54, 1.807) is 12.1 Å². The van der Waals surface area contributed by atoms with Crippen LogP contribution in [-0.2, 0) is 9.22 Å². The van der Waals surface area contributed by atoms with Crippen LogP contribution in [-0.4, -0.2) is 61.0 Å². The summed E-state index contributed by atoms with van der Waals surface area (Å²) in [4.78, 5) is 28.6. The Bertz CT molecular complexity index is 873. The van der Waals surface area contributed by atoms with Gasteiger partial charge in [0.1, 0.15) is 0 Å². The first-order valence-corrected chi connectivity index (χ1v) is 15.5. The van der Waals surface area contributed by atoms with Gasteiger partial charge in [-0.05, 0) is 80.2 Å². The minimum absolute atomic E-state index is 0.0486. The standard InChI is InChI=1S/C28H44ClIN4O2/c1-18(2)31-9-7-26-28(36)34(17-21-12-19(3)11-20(4)13-21)10-8-24(33-26)16-32-27(35)22-5-6-25(29)23(14-22)15-30/h5-6,14,18-21,24,26,31,33H,7-13,15-17H2,1-4H3,(H,32,35)/t19?,20?,21?,24-,26-/m0/s1. The number of amides is 2. The molecule has 1 aliphatic carbocycles. The molecule has 4 atom stereocenters. The number of nitrogens with one attached hydrogen (secondary N) is 3. The van der Waals surface area contributed by atoms with Gasteiger partial charge in [0.15, 0.2) is 0 Å². The molecule has 3 rings (SSSR count). The van der Waals surface area contributed by atoms with Crippen LogP contribution in [0.4, 0.5) is 0 Å². The second-order valence-corrected chi connectivity index (χ2v) is 12.5. The van der Waals surface area contributed by atoms with Gasteiger partial charge >= 0.3 is 0 Å². The molecule has 2 unspecified atom stereocenters. The highest BCUT2D eigenvalue weighted by atomic mass is 127. The van der Waals surface area contributed by atoms with Gasteiger partial charge in [0.05, 0.1) is 6.04 Å². The molecule has 36 heavy (non-hydrogen) atoms. The van der Waals surface area contributed by atoms with Gasteiger partial charge < -0.3 is 20.9 Å². The lowest BCUT2D eigenvalue weighted by molar-refractivity contribution is -0.133. The number of halogens is 2. The molecule has 1 heterocycles. The fourth-order valence-corrected chi connectivity index (χ4v) is 6.90. The third-order valence-corrected chi connectivity index (χ3v) is 8.69. The molecular formula is C28H44ClIN4O2. The summed E-state index contributed by atoms with van der Waals surface area (Å²) >= 11 is 8.47. The van der Waals surface area contributed by atoms with E-state index in [2.05, 4.69) is 71.1 Å². The lowest BCUT2D eigenvalue weighted by atomic mass is 9.76. The first-order valence-electron chi connectivity index (χ1n) is 13.6. The van der Waals surface area contributed by atoms with Crippen LogP contribution in [0, 0.1) is 17.8 Å². The van der Waals surface area contributed by atoms with Crippen molar-refractivity contribution in [2.24, 2.45) is 17.8 Å². The van der Waals surface area contributed by atoms with E-state index in [0.29, 0.717) is 29.1 Å². The van der Waals surface area contributed by atoms with Gasteiger partial charge in [-0.15, -0.1) is 0 Å². The molecule has 0 spiro atoms. The quantitative estimate of drug-likeness (QED) is 0.251. The monoisotopic (exact) mass is 630 g/mol. The SMILES string of the molecule is CC1CC(C)CC(CN2CC[C@@H](CNC(=O)c3ccc(Cl)c(CI)c3)N[C@@H](CCNC(C)C)C2=O)C1. The second kappa shape index (κ2) is 14.3. The van der Waals surface area contributed by atoms with E-state index in [1.165, 1.54) is 19.3 Å². The smallest absolute Gasteiger partial charge is 0.251 e. The lowest BCUT2D eigenvalue weighted by Crippen LogP contribution is -2.50. The van der Waals surface area contributed by atoms with Crippen LogP contribution >= 0.6 is 34.2 Å². The summed E-state index contributed by atoms with van der Waals surface area (Å²) in [7, 11) is 0. The Hall–Kier alpha value is -0.900. The van der Waals surface area contributed by atoms with Crippen molar-refractivity contribution in [1.29, 1.82) is 0 Å². The molecular weight excluding hydrogens is 587 g/mol. The Morgan fingerprint density at radius 2 is 1.94 bits per heavy atom. The van der Waals surface area contributed by atoms with Crippen LogP contribution in [0.25, 0.3) is 0 Å². The van der Waals surface area contributed by atoms with Crippen molar-refractivity contribution in [3.63, 3.8) is 0 Å². The van der Waals surface area contributed by atoms with Gasteiger partial charge in [-0.25, -0.2) is 0 Å². The maximum absolute atomic E-state index is 13.6. The number of alkyl halides is 1. The lowest BCUT2D eigenvalue weighted by Gasteiger charge is -2.35. The van der Waals surface area contributed by atoms with E-state index in [9.17, 15) is 9.59 Å². The van der Waals surface area contributed by atoms with Gasteiger partial charge in [-0.3, -0.25) is 9.59 Å². The normalized spacial score (nSPS) is 27.2. The zero-order chi connectivity index (χ0) is 26.2. The molecule has 2 fully saturated rings. The summed E-state index contributed by atoms with van der Waals surface area (Å²) in [5.74, 6) is 2.15. The number of hydrogen-bond donors (Lipinski definition) is 3. The number of benzene rings is 1. The van der Waals surface area contributed by atoms with Crippen LogP contribution in [0.15, 0.2) is 18.2 Å². The van der Waals surface area contributed by atoms with Crippen LogP contribution in [0.2, 0.25) is 5.02 Å². The predicted octanol–water partition coefficient (Wildman–Crippen LogP) is 5.02. The van der Waals surface area contributed by atoms with E-state index in [4.69, 9.17) is 11.6 Å². The van der Waals surface area contributed by atoms with Crippen molar-refractivity contribution in [3.8, 4) is 0 Å². The molecule has 1 aliphatic heterocycles. The van der Waals surface area contributed by atoms with Crippen molar-refractivity contribution in [3.05, 3.63) is 34.3 Å². The van der Waals surface area contributed by atoms with Gasteiger partial charge in [0.2, 0.25) is 5.91 Å². The van der Waals surface area contributed by atoms with Crippen LogP contribution in [0.5, 0.6) is 0 Å². The summed E-state index contributed by atoms with van der Waals surface area (Å²) in [5.41, 5.74) is 1.58. The zero-order valence-electron chi connectivity index (χ0n) is 22.3. The van der Waals surface area contributed by atoms with E-state index in [-0.39, 0.29) is 23.9 Å². The van der Waals surface area contributed by atoms with Gasteiger partial charge in [0.25, 0.3) is 5.91 Å².